The van der Waals surface area contributed by atoms with Gasteiger partial charge in [-0.15, -0.1) is 0 Å². The van der Waals surface area contributed by atoms with Crippen molar-refractivity contribution in [3.05, 3.63) is 29.3 Å². The fourth-order valence-electron chi connectivity index (χ4n) is 2.33. The second-order valence-corrected chi connectivity index (χ2v) is 6.07. The van der Waals surface area contributed by atoms with Gasteiger partial charge in [-0.2, -0.15) is 0 Å². The van der Waals surface area contributed by atoms with Crippen LogP contribution < -0.4 is 4.74 Å². The highest BCUT2D eigenvalue weighted by Gasteiger charge is 2.32. The van der Waals surface area contributed by atoms with Crippen LogP contribution in [0.1, 0.15) is 51.3 Å². The number of fused-ring (bicyclic) bond motifs is 1. The fourth-order valence-corrected chi connectivity index (χ4v) is 2.33. The van der Waals surface area contributed by atoms with Crippen molar-refractivity contribution >= 4 is 0 Å². The van der Waals surface area contributed by atoms with Gasteiger partial charge in [0.15, 0.2) is 0 Å². The minimum Gasteiger partial charge on any atom is -0.492 e. The van der Waals surface area contributed by atoms with Crippen molar-refractivity contribution in [1.29, 1.82) is 0 Å². The monoisotopic (exact) mass is 234 g/mol. The van der Waals surface area contributed by atoms with Gasteiger partial charge in [-0.1, -0.05) is 33.8 Å². The number of aliphatic hydroxyl groups excluding tert-OH is 1. The Kier molecular flexibility index (Phi) is 3.17. The third kappa shape index (κ3) is 2.47. The molecule has 0 spiro atoms. The Balaban J connectivity index is 2.28. The van der Waals surface area contributed by atoms with Crippen LogP contribution in [0.25, 0.3) is 0 Å². The van der Waals surface area contributed by atoms with Crippen molar-refractivity contribution in [2.75, 3.05) is 6.61 Å². The van der Waals surface area contributed by atoms with Crippen molar-refractivity contribution < 1.29 is 9.84 Å². The van der Waals surface area contributed by atoms with Gasteiger partial charge in [0.2, 0.25) is 0 Å². The van der Waals surface area contributed by atoms with E-state index in [9.17, 15) is 5.11 Å². The van der Waals surface area contributed by atoms with E-state index in [2.05, 4.69) is 33.8 Å². The smallest absolute Gasteiger partial charge is 0.123 e. The lowest BCUT2D eigenvalue weighted by Gasteiger charge is -2.18. The fraction of sp³-hybridized carbons (Fsp3) is 0.600. The van der Waals surface area contributed by atoms with Crippen LogP contribution in [0.15, 0.2) is 18.2 Å². The van der Waals surface area contributed by atoms with E-state index in [1.807, 2.05) is 12.1 Å². The number of aliphatic hydroxyl groups is 1. The molecule has 94 valence electrons. The van der Waals surface area contributed by atoms with Crippen LogP contribution in [0.2, 0.25) is 0 Å². The van der Waals surface area contributed by atoms with Crippen LogP contribution in [-0.4, -0.2) is 11.7 Å². The van der Waals surface area contributed by atoms with Crippen LogP contribution in [-0.2, 0) is 5.41 Å². The summed E-state index contributed by atoms with van der Waals surface area (Å²) >= 11 is 0. The van der Waals surface area contributed by atoms with Gasteiger partial charge in [0.05, 0.1) is 12.7 Å². The summed E-state index contributed by atoms with van der Waals surface area (Å²) in [5.41, 5.74) is 2.29. The Morgan fingerprint density at radius 2 is 2.06 bits per heavy atom. The summed E-state index contributed by atoms with van der Waals surface area (Å²) in [5, 5.41) is 10.2. The maximum absolute atomic E-state index is 10.2. The predicted molar refractivity (Wildman–Crippen MR) is 69.4 cm³/mol. The molecule has 0 fully saturated rings. The van der Waals surface area contributed by atoms with Gasteiger partial charge in [-0.25, -0.2) is 0 Å². The van der Waals surface area contributed by atoms with Crippen LogP contribution in [0.4, 0.5) is 0 Å². The van der Waals surface area contributed by atoms with Gasteiger partial charge < -0.3 is 9.84 Å². The Bertz CT molecular complexity index is 407. The van der Waals surface area contributed by atoms with Crippen molar-refractivity contribution in [1.82, 2.24) is 0 Å². The Morgan fingerprint density at radius 1 is 1.35 bits per heavy atom. The maximum Gasteiger partial charge on any atom is 0.123 e. The Morgan fingerprint density at radius 3 is 2.71 bits per heavy atom. The number of ether oxygens (including phenoxy) is 1. The number of hydrogen-bond donors (Lipinski definition) is 1. The van der Waals surface area contributed by atoms with Gasteiger partial charge in [0.1, 0.15) is 5.75 Å². The second kappa shape index (κ2) is 4.34. The number of hydrogen-bond acceptors (Lipinski definition) is 2. The highest BCUT2D eigenvalue weighted by molar-refractivity contribution is 5.45. The van der Waals surface area contributed by atoms with E-state index in [0.717, 1.165) is 24.3 Å². The quantitative estimate of drug-likeness (QED) is 0.868. The first-order chi connectivity index (χ1) is 7.90. The van der Waals surface area contributed by atoms with Gasteiger partial charge in [-0.3, -0.25) is 0 Å². The molecule has 1 aromatic rings. The lowest BCUT2D eigenvalue weighted by atomic mass is 9.85. The molecule has 0 bridgehead atoms. The van der Waals surface area contributed by atoms with Crippen LogP contribution in [0.5, 0.6) is 5.75 Å². The summed E-state index contributed by atoms with van der Waals surface area (Å²) < 4.78 is 5.65. The highest BCUT2D eigenvalue weighted by Crippen LogP contribution is 2.40. The largest absolute Gasteiger partial charge is 0.492 e. The molecule has 0 aromatic heterocycles. The molecule has 17 heavy (non-hydrogen) atoms. The Hall–Kier alpha value is -1.02. The van der Waals surface area contributed by atoms with E-state index in [1.165, 1.54) is 5.56 Å². The summed E-state index contributed by atoms with van der Waals surface area (Å²) in [7, 11) is 0. The molecule has 1 aromatic carbocycles. The molecule has 2 heteroatoms. The first kappa shape index (κ1) is 12.4. The molecule has 0 saturated heterocycles. The third-order valence-electron chi connectivity index (χ3n) is 3.40. The van der Waals surface area contributed by atoms with Crippen molar-refractivity contribution in [2.24, 2.45) is 5.92 Å². The molecule has 1 aliphatic heterocycles. The van der Waals surface area contributed by atoms with E-state index in [0.29, 0.717) is 5.92 Å². The molecular formula is C15H22O2. The van der Waals surface area contributed by atoms with Crippen LogP contribution in [0.3, 0.4) is 0 Å². The molecule has 1 aliphatic rings. The summed E-state index contributed by atoms with van der Waals surface area (Å²) in [6.45, 7) is 9.34. The molecule has 2 rings (SSSR count). The average molecular weight is 234 g/mol. The van der Waals surface area contributed by atoms with Gasteiger partial charge in [0.25, 0.3) is 0 Å². The summed E-state index contributed by atoms with van der Waals surface area (Å²) in [6.07, 6.45) is 0.441. The summed E-state index contributed by atoms with van der Waals surface area (Å²) in [4.78, 5) is 0. The molecule has 1 N–H and O–H groups in total. The molecule has 1 atom stereocenters. The van der Waals surface area contributed by atoms with E-state index in [1.54, 1.807) is 0 Å². The van der Waals surface area contributed by atoms with E-state index in [-0.39, 0.29) is 11.5 Å². The minimum absolute atomic E-state index is 0.0584. The van der Waals surface area contributed by atoms with Gasteiger partial charge in [-0.05, 0) is 30.0 Å². The molecular weight excluding hydrogens is 212 g/mol. The Labute approximate surface area is 104 Å². The SMILES string of the molecule is CC(C)CC(O)c1ccc2c(c1)C(C)(C)CO2. The number of benzene rings is 1. The molecule has 1 unspecified atom stereocenters. The zero-order chi connectivity index (χ0) is 12.6. The first-order valence-electron chi connectivity index (χ1n) is 6.35. The molecule has 0 radical (unpaired) electrons. The number of rotatable bonds is 3. The van der Waals surface area contributed by atoms with E-state index in [4.69, 9.17) is 4.74 Å². The minimum atomic E-state index is -0.364. The molecule has 0 aliphatic carbocycles. The second-order valence-electron chi connectivity index (χ2n) is 6.07. The topological polar surface area (TPSA) is 29.5 Å². The third-order valence-corrected chi connectivity index (χ3v) is 3.40. The van der Waals surface area contributed by atoms with Crippen molar-refractivity contribution in [2.45, 2.75) is 45.6 Å². The molecule has 2 nitrogen and oxygen atoms in total. The van der Waals surface area contributed by atoms with Gasteiger partial charge in [0, 0.05) is 11.0 Å². The normalized spacial score (nSPS) is 18.9. The van der Waals surface area contributed by atoms with Crippen molar-refractivity contribution in [3.63, 3.8) is 0 Å². The summed E-state index contributed by atoms with van der Waals surface area (Å²) in [6, 6.07) is 6.08. The predicted octanol–water partition coefficient (Wildman–Crippen LogP) is 3.44. The van der Waals surface area contributed by atoms with Gasteiger partial charge >= 0.3 is 0 Å². The van der Waals surface area contributed by atoms with Crippen molar-refractivity contribution in [3.8, 4) is 5.75 Å². The first-order valence-corrected chi connectivity index (χ1v) is 6.35. The molecule has 1 heterocycles. The molecule has 0 saturated carbocycles. The standard InChI is InChI=1S/C15H22O2/c1-10(2)7-13(16)11-5-6-14-12(8-11)15(3,4)9-17-14/h5-6,8,10,13,16H,7,9H2,1-4H3. The lowest BCUT2D eigenvalue weighted by Crippen LogP contribution is -2.18. The molecule has 0 amide bonds. The van der Waals surface area contributed by atoms with E-state index >= 15 is 0 Å². The zero-order valence-corrected chi connectivity index (χ0v) is 11.2. The van der Waals surface area contributed by atoms with E-state index < -0.39 is 0 Å². The van der Waals surface area contributed by atoms with Crippen LogP contribution in [0, 0.1) is 5.92 Å². The lowest BCUT2D eigenvalue weighted by molar-refractivity contribution is 0.151. The summed E-state index contributed by atoms with van der Waals surface area (Å²) in [5.74, 6) is 1.47. The van der Waals surface area contributed by atoms with Crippen LogP contribution >= 0.6 is 0 Å². The highest BCUT2D eigenvalue weighted by atomic mass is 16.5. The zero-order valence-electron chi connectivity index (χ0n) is 11.2. The maximum atomic E-state index is 10.2. The average Bonchev–Trinajstić information content (AvgIpc) is 2.54.